The standard InChI is InChI=1S/C28H19NO/c1-30-28-20-12-4-2-10-18(20)26(19-11-3-5-13-21(19)28)27-22-14-6-8-16-24(22)29-25-17-9-7-15-23(25)27/h2-17H,1H3. The first-order chi connectivity index (χ1) is 14.9. The van der Waals surface area contributed by atoms with Gasteiger partial charge in [-0.1, -0.05) is 84.9 Å². The summed E-state index contributed by atoms with van der Waals surface area (Å²) in [6.45, 7) is 0. The SMILES string of the molecule is COc1c2ccccc2c(-c2c3ccccc3nc3ccccc23)c2ccccc12. The first kappa shape index (κ1) is 17.0. The molecule has 0 radical (unpaired) electrons. The molecule has 6 aromatic rings. The average Bonchev–Trinajstić information content (AvgIpc) is 2.81. The van der Waals surface area contributed by atoms with Crippen LogP contribution < -0.4 is 4.74 Å². The highest BCUT2D eigenvalue weighted by atomic mass is 16.5. The number of benzene rings is 5. The minimum absolute atomic E-state index is 0.924. The molecule has 0 atom stereocenters. The van der Waals surface area contributed by atoms with Crippen LogP contribution in [-0.2, 0) is 0 Å². The van der Waals surface area contributed by atoms with Gasteiger partial charge < -0.3 is 4.74 Å². The van der Waals surface area contributed by atoms with Crippen molar-refractivity contribution in [3.05, 3.63) is 97.1 Å². The van der Waals surface area contributed by atoms with E-state index in [1.807, 2.05) is 0 Å². The van der Waals surface area contributed by atoms with Crippen LogP contribution in [0.25, 0.3) is 54.5 Å². The molecule has 0 N–H and O–H groups in total. The number of rotatable bonds is 2. The first-order valence-electron chi connectivity index (χ1n) is 10.1. The van der Waals surface area contributed by atoms with Crippen molar-refractivity contribution in [2.24, 2.45) is 0 Å². The van der Waals surface area contributed by atoms with Gasteiger partial charge in [-0.2, -0.15) is 0 Å². The molecular weight excluding hydrogens is 366 g/mol. The highest BCUT2D eigenvalue weighted by Crippen LogP contribution is 2.46. The largest absolute Gasteiger partial charge is 0.495 e. The summed E-state index contributed by atoms with van der Waals surface area (Å²) >= 11 is 0. The van der Waals surface area contributed by atoms with Crippen molar-refractivity contribution in [2.45, 2.75) is 0 Å². The predicted molar refractivity (Wildman–Crippen MR) is 126 cm³/mol. The van der Waals surface area contributed by atoms with Gasteiger partial charge in [0.05, 0.1) is 18.1 Å². The molecular formula is C28H19NO. The molecule has 0 bridgehead atoms. The van der Waals surface area contributed by atoms with Crippen molar-refractivity contribution < 1.29 is 4.74 Å². The number of ether oxygens (including phenoxy) is 1. The van der Waals surface area contributed by atoms with E-state index in [0.717, 1.165) is 38.3 Å². The van der Waals surface area contributed by atoms with Crippen molar-refractivity contribution in [3.63, 3.8) is 0 Å². The molecule has 0 aliphatic rings. The summed E-state index contributed by atoms with van der Waals surface area (Å²) in [5.74, 6) is 0.924. The van der Waals surface area contributed by atoms with E-state index in [1.165, 1.54) is 21.9 Å². The fraction of sp³-hybridized carbons (Fsp3) is 0.0357. The molecule has 0 saturated carbocycles. The van der Waals surface area contributed by atoms with E-state index in [9.17, 15) is 0 Å². The van der Waals surface area contributed by atoms with Gasteiger partial charge in [0.1, 0.15) is 5.75 Å². The Bertz CT molecular complexity index is 1470. The van der Waals surface area contributed by atoms with E-state index >= 15 is 0 Å². The first-order valence-corrected chi connectivity index (χ1v) is 10.1. The summed E-state index contributed by atoms with van der Waals surface area (Å²) in [7, 11) is 1.76. The Labute approximate surface area is 174 Å². The molecule has 1 aromatic heterocycles. The van der Waals surface area contributed by atoms with E-state index in [4.69, 9.17) is 9.72 Å². The Morgan fingerprint density at radius 1 is 0.467 bits per heavy atom. The zero-order chi connectivity index (χ0) is 20.1. The van der Waals surface area contributed by atoms with Crippen LogP contribution in [-0.4, -0.2) is 12.1 Å². The minimum Gasteiger partial charge on any atom is -0.495 e. The molecule has 0 amide bonds. The zero-order valence-electron chi connectivity index (χ0n) is 16.6. The van der Waals surface area contributed by atoms with Crippen LogP contribution in [0.15, 0.2) is 97.1 Å². The molecule has 2 nitrogen and oxygen atoms in total. The average molecular weight is 385 g/mol. The Hall–Kier alpha value is -3.91. The number of para-hydroxylation sites is 2. The Balaban J connectivity index is 1.95. The highest BCUT2D eigenvalue weighted by molar-refractivity contribution is 6.24. The van der Waals surface area contributed by atoms with Gasteiger partial charge in [0.2, 0.25) is 0 Å². The third-order valence-electron chi connectivity index (χ3n) is 5.92. The minimum atomic E-state index is 0.924. The molecule has 0 aliphatic carbocycles. The summed E-state index contributed by atoms with van der Waals surface area (Å²) in [4.78, 5) is 4.93. The quantitative estimate of drug-likeness (QED) is 0.290. The molecule has 2 heteroatoms. The lowest BCUT2D eigenvalue weighted by molar-refractivity contribution is 0.424. The van der Waals surface area contributed by atoms with Gasteiger partial charge in [-0.15, -0.1) is 0 Å². The third kappa shape index (κ3) is 2.34. The molecule has 0 aliphatic heterocycles. The van der Waals surface area contributed by atoms with Gasteiger partial charge in [0.25, 0.3) is 0 Å². The van der Waals surface area contributed by atoms with Gasteiger partial charge in [-0.3, -0.25) is 0 Å². The van der Waals surface area contributed by atoms with Crippen LogP contribution in [0.5, 0.6) is 5.75 Å². The molecule has 6 rings (SSSR count). The lowest BCUT2D eigenvalue weighted by Crippen LogP contribution is -1.94. The summed E-state index contributed by atoms with van der Waals surface area (Å²) in [6, 6.07) is 33.9. The Morgan fingerprint density at radius 2 is 0.833 bits per heavy atom. The summed E-state index contributed by atoms with van der Waals surface area (Å²) < 4.78 is 5.89. The van der Waals surface area contributed by atoms with Crippen molar-refractivity contribution in [1.82, 2.24) is 4.98 Å². The van der Waals surface area contributed by atoms with E-state index in [2.05, 4.69) is 97.1 Å². The maximum Gasteiger partial charge on any atom is 0.134 e. The zero-order valence-corrected chi connectivity index (χ0v) is 16.6. The van der Waals surface area contributed by atoms with Gasteiger partial charge in [0, 0.05) is 27.1 Å². The number of nitrogens with zero attached hydrogens (tertiary/aromatic N) is 1. The van der Waals surface area contributed by atoms with Crippen molar-refractivity contribution in [2.75, 3.05) is 7.11 Å². The van der Waals surface area contributed by atoms with Crippen molar-refractivity contribution in [1.29, 1.82) is 0 Å². The molecule has 0 fully saturated rings. The fourth-order valence-electron chi connectivity index (χ4n) is 4.69. The van der Waals surface area contributed by atoms with E-state index in [1.54, 1.807) is 7.11 Å². The van der Waals surface area contributed by atoms with Crippen LogP contribution in [0.1, 0.15) is 0 Å². The van der Waals surface area contributed by atoms with Gasteiger partial charge in [0.15, 0.2) is 0 Å². The van der Waals surface area contributed by atoms with Crippen LogP contribution in [0.2, 0.25) is 0 Å². The van der Waals surface area contributed by atoms with Gasteiger partial charge in [-0.25, -0.2) is 4.98 Å². The maximum absolute atomic E-state index is 5.89. The smallest absolute Gasteiger partial charge is 0.134 e. The maximum atomic E-state index is 5.89. The lowest BCUT2D eigenvalue weighted by Gasteiger charge is -2.19. The Morgan fingerprint density at radius 3 is 1.30 bits per heavy atom. The number of hydrogen-bond donors (Lipinski definition) is 0. The van der Waals surface area contributed by atoms with Crippen LogP contribution in [0.4, 0.5) is 0 Å². The number of hydrogen-bond acceptors (Lipinski definition) is 2. The molecule has 0 saturated heterocycles. The molecule has 30 heavy (non-hydrogen) atoms. The number of fused-ring (bicyclic) bond motifs is 4. The molecule has 0 unspecified atom stereocenters. The van der Waals surface area contributed by atoms with Gasteiger partial charge >= 0.3 is 0 Å². The molecule has 142 valence electrons. The van der Waals surface area contributed by atoms with E-state index in [-0.39, 0.29) is 0 Å². The number of aromatic nitrogens is 1. The van der Waals surface area contributed by atoms with Crippen LogP contribution >= 0.6 is 0 Å². The predicted octanol–water partition coefficient (Wildman–Crippen LogP) is 7.37. The fourth-order valence-corrected chi connectivity index (χ4v) is 4.69. The van der Waals surface area contributed by atoms with Gasteiger partial charge in [-0.05, 0) is 28.5 Å². The molecule has 0 spiro atoms. The Kier molecular flexibility index (Phi) is 3.72. The van der Waals surface area contributed by atoms with Crippen LogP contribution in [0.3, 0.4) is 0 Å². The summed E-state index contributed by atoms with van der Waals surface area (Å²) in [6.07, 6.45) is 0. The number of methoxy groups -OCH3 is 1. The second-order valence-electron chi connectivity index (χ2n) is 7.52. The third-order valence-corrected chi connectivity index (χ3v) is 5.92. The van der Waals surface area contributed by atoms with E-state index < -0.39 is 0 Å². The lowest BCUT2D eigenvalue weighted by atomic mass is 9.87. The van der Waals surface area contributed by atoms with Crippen LogP contribution in [0, 0.1) is 0 Å². The van der Waals surface area contributed by atoms with E-state index in [0.29, 0.717) is 0 Å². The number of pyridine rings is 1. The normalized spacial score (nSPS) is 11.5. The van der Waals surface area contributed by atoms with Crippen molar-refractivity contribution >= 4 is 43.4 Å². The molecule has 1 heterocycles. The second kappa shape index (κ2) is 6.57. The second-order valence-corrected chi connectivity index (χ2v) is 7.52. The summed E-state index contributed by atoms with van der Waals surface area (Å²) in [5, 5.41) is 6.95. The summed E-state index contributed by atoms with van der Waals surface area (Å²) in [5.41, 5.74) is 4.48. The highest BCUT2D eigenvalue weighted by Gasteiger charge is 2.19. The monoisotopic (exact) mass is 385 g/mol. The topological polar surface area (TPSA) is 22.1 Å². The molecule has 5 aromatic carbocycles. The van der Waals surface area contributed by atoms with Crippen molar-refractivity contribution in [3.8, 4) is 16.9 Å².